The molecule has 34 heavy (non-hydrogen) atoms. The number of fused-ring (bicyclic) bond motifs is 1. The number of carbonyl (C=O) groups is 1. The molecule has 3 aromatic rings. The van der Waals surface area contributed by atoms with E-state index in [-0.39, 0.29) is 11.7 Å². The third-order valence-electron chi connectivity index (χ3n) is 6.47. The van der Waals surface area contributed by atoms with Gasteiger partial charge in [-0.05, 0) is 36.1 Å². The van der Waals surface area contributed by atoms with Crippen LogP contribution >= 0.6 is 0 Å². The average molecular weight is 463 g/mol. The molecule has 0 amide bonds. The number of hydrogen-bond acceptors (Lipinski definition) is 8. The van der Waals surface area contributed by atoms with Crippen LogP contribution in [0.4, 0.5) is 5.95 Å². The van der Waals surface area contributed by atoms with Crippen molar-refractivity contribution in [1.82, 2.24) is 14.8 Å². The molecule has 2 heterocycles. The maximum Gasteiger partial charge on any atom is 0.226 e. The number of nitrogens with one attached hydrogen (secondary N) is 1. The fourth-order valence-corrected chi connectivity index (χ4v) is 4.91. The third-order valence-corrected chi connectivity index (χ3v) is 6.47. The summed E-state index contributed by atoms with van der Waals surface area (Å²) in [6.45, 7) is 0. The van der Waals surface area contributed by atoms with E-state index in [2.05, 4.69) is 15.4 Å². The first-order valence-electron chi connectivity index (χ1n) is 10.9. The molecule has 0 fully saturated rings. The molecule has 9 heteroatoms. The standard InChI is InChI=1S/C25H26N4O5/c1-31-19-9-8-14(12-21(19)33-3)15-10-17-22(18(30)11-15)23(29-25(28-17)26-13-27-29)16-6-5-7-20(32-2)24(16)34-4/h5-9,12-13,15,23H,10-11H2,1-4H3,(H,26,27,28). The summed E-state index contributed by atoms with van der Waals surface area (Å²) in [6.07, 6.45) is 2.49. The second-order valence-corrected chi connectivity index (χ2v) is 8.17. The van der Waals surface area contributed by atoms with Gasteiger partial charge in [-0.2, -0.15) is 10.1 Å². The monoisotopic (exact) mass is 462 g/mol. The van der Waals surface area contributed by atoms with Crippen LogP contribution in [0, 0.1) is 0 Å². The van der Waals surface area contributed by atoms with E-state index in [4.69, 9.17) is 18.9 Å². The molecule has 5 rings (SSSR count). The molecule has 0 saturated heterocycles. The quantitative estimate of drug-likeness (QED) is 0.592. The number of anilines is 1. The number of Topliss-reactive ketones (excluding diaryl/α,β-unsaturated/α-hetero) is 1. The zero-order valence-corrected chi connectivity index (χ0v) is 19.5. The minimum Gasteiger partial charge on any atom is -0.493 e. The number of carbonyl (C=O) groups excluding carboxylic acids is 1. The molecule has 0 bridgehead atoms. The largest absolute Gasteiger partial charge is 0.493 e. The molecule has 2 atom stereocenters. The second-order valence-electron chi connectivity index (χ2n) is 8.17. The van der Waals surface area contributed by atoms with E-state index in [9.17, 15) is 4.79 Å². The van der Waals surface area contributed by atoms with E-state index in [0.717, 1.165) is 16.8 Å². The first-order valence-corrected chi connectivity index (χ1v) is 10.9. The molecule has 9 nitrogen and oxygen atoms in total. The maximum atomic E-state index is 13.7. The van der Waals surface area contributed by atoms with Crippen LogP contribution < -0.4 is 24.3 Å². The molecule has 1 aromatic heterocycles. The molecule has 0 radical (unpaired) electrons. The lowest BCUT2D eigenvalue weighted by Gasteiger charge is -2.35. The number of benzene rings is 2. The van der Waals surface area contributed by atoms with Crippen LogP contribution in [-0.4, -0.2) is 49.0 Å². The lowest BCUT2D eigenvalue weighted by Crippen LogP contribution is -2.33. The Labute approximate surface area is 197 Å². The number of para-hydroxylation sites is 1. The molecule has 176 valence electrons. The highest BCUT2D eigenvalue weighted by Crippen LogP contribution is 2.47. The van der Waals surface area contributed by atoms with Crippen LogP contribution in [0.1, 0.15) is 35.9 Å². The fourth-order valence-electron chi connectivity index (χ4n) is 4.91. The predicted molar refractivity (Wildman–Crippen MR) is 125 cm³/mol. The number of rotatable bonds is 6. The third kappa shape index (κ3) is 3.44. The highest BCUT2D eigenvalue weighted by Gasteiger charge is 2.40. The SMILES string of the molecule is COc1ccc(C2CC(=O)C3=C(C2)Nc2ncnn2C3c2cccc(OC)c2OC)cc1OC. The van der Waals surface area contributed by atoms with Gasteiger partial charge in [0.05, 0.1) is 28.4 Å². The summed E-state index contributed by atoms with van der Waals surface area (Å²) in [5.74, 6) is 3.07. The van der Waals surface area contributed by atoms with E-state index < -0.39 is 6.04 Å². The molecular weight excluding hydrogens is 436 g/mol. The van der Waals surface area contributed by atoms with Crippen molar-refractivity contribution in [1.29, 1.82) is 0 Å². The summed E-state index contributed by atoms with van der Waals surface area (Å²) in [7, 11) is 6.40. The van der Waals surface area contributed by atoms with Crippen LogP contribution in [0.3, 0.4) is 0 Å². The molecular formula is C25H26N4O5. The normalized spacial score (nSPS) is 19.1. The predicted octanol–water partition coefficient (Wildman–Crippen LogP) is 3.73. The van der Waals surface area contributed by atoms with Crippen molar-refractivity contribution in [2.45, 2.75) is 24.8 Å². The smallest absolute Gasteiger partial charge is 0.226 e. The topological polar surface area (TPSA) is 96.7 Å². The van der Waals surface area contributed by atoms with E-state index >= 15 is 0 Å². The number of ketones is 1. The molecule has 2 aromatic carbocycles. The number of allylic oxidation sites excluding steroid dienone is 2. The molecule has 2 aliphatic rings. The van der Waals surface area contributed by atoms with Crippen LogP contribution in [0.15, 0.2) is 54.0 Å². The van der Waals surface area contributed by atoms with Gasteiger partial charge < -0.3 is 24.3 Å². The first kappa shape index (κ1) is 21.8. The Morgan fingerprint density at radius 1 is 0.941 bits per heavy atom. The van der Waals surface area contributed by atoms with Gasteiger partial charge in [-0.25, -0.2) is 4.68 Å². The Morgan fingerprint density at radius 2 is 1.74 bits per heavy atom. The Hall–Kier alpha value is -4.01. The van der Waals surface area contributed by atoms with Gasteiger partial charge in [-0.15, -0.1) is 0 Å². The van der Waals surface area contributed by atoms with Crippen molar-refractivity contribution in [3.63, 3.8) is 0 Å². The molecule has 1 aliphatic carbocycles. The Balaban J connectivity index is 1.60. The van der Waals surface area contributed by atoms with Gasteiger partial charge in [0.1, 0.15) is 12.4 Å². The van der Waals surface area contributed by atoms with Gasteiger partial charge in [-0.3, -0.25) is 4.79 Å². The van der Waals surface area contributed by atoms with Crippen molar-refractivity contribution in [2.24, 2.45) is 0 Å². The summed E-state index contributed by atoms with van der Waals surface area (Å²) in [6, 6.07) is 11.0. The first-order chi connectivity index (χ1) is 16.6. The summed E-state index contributed by atoms with van der Waals surface area (Å²) < 4.78 is 23.8. The summed E-state index contributed by atoms with van der Waals surface area (Å²) >= 11 is 0. The van der Waals surface area contributed by atoms with Crippen molar-refractivity contribution >= 4 is 11.7 Å². The molecule has 1 N–H and O–H groups in total. The zero-order valence-electron chi connectivity index (χ0n) is 19.5. The van der Waals surface area contributed by atoms with Crippen molar-refractivity contribution in [3.05, 3.63) is 65.1 Å². The van der Waals surface area contributed by atoms with Crippen LogP contribution in [0.25, 0.3) is 0 Å². The van der Waals surface area contributed by atoms with E-state index in [0.29, 0.717) is 47.4 Å². The Bertz CT molecular complexity index is 1280. The fraction of sp³-hybridized carbons (Fsp3) is 0.320. The molecule has 0 saturated carbocycles. The lowest BCUT2D eigenvalue weighted by atomic mass is 9.77. The van der Waals surface area contributed by atoms with Crippen molar-refractivity contribution < 1.29 is 23.7 Å². The number of aromatic nitrogens is 3. The average Bonchev–Trinajstić information content (AvgIpc) is 3.34. The van der Waals surface area contributed by atoms with E-state index in [1.807, 2.05) is 36.4 Å². The highest BCUT2D eigenvalue weighted by atomic mass is 16.5. The minimum atomic E-state index is -0.474. The molecule has 2 unspecified atom stereocenters. The van der Waals surface area contributed by atoms with Crippen LogP contribution in [0.5, 0.6) is 23.0 Å². The van der Waals surface area contributed by atoms with Crippen LogP contribution in [-0.2, 0) is 4.79 Å². The second kappa shape index (κ2) is 8.74. The Morgan fingerprint density at radius 3 is 2.47 bits per heavy atom. The van der Waals surface area contributed by atoms with Gasteiger partial charge in [-0.1, -0.05) is 18.2 Å². The van der Waals surface area contributed by atoms with Crippen LogP contribution in [0.2, 0.25) is 0 Å². The van der Waals surface area contributed by atoms with Gasteiger partial charge in [0.25, 0.3) is 0 Å². The van der Waals surface area contributed by atoms with E-state index in [1.54, 1.807) is 33.1 Å². The number of methoxy groups -OCH3 is 4. The summed E-state index contributed by atoms with van der Waals surface area (Å²) in [5, 5.41) is 7.77. The minimum absolute atomic E-state index is 0.0131. The molecule has 0 spiro atoms. The number of ether oxygens (including phenoxy) is 4. The summed E-state index contributed by atoms with van der Waals surface area (Å²) in [4.78, 5) is 18.1. The van der Waals surface area contributed by atoms with Crippen molar-refractivity contribution in [3.8, 4) is 23.0 Å². The number of hydrogen-bond donors (Lipinski definition) is 1. The van der Waals surface area contributed by atoms with Gasteiger partial charge in [0.2, 0.25) is 5.95 Å². The Kier molecular flexibility index (Phi) is 5.61. The summed E-state index contributed by atoms with van der Waals surface area (Å²) in [5.41, 5.74) is 3.31. The lowest BCUT2D eigenvalue weighted by molar-refractivity contribution is -0.116. The van der Waals surface area contributed by atoms with Gasteiger partial charge in [0.15, 0.2) is 28.8 Å². The van der Waals surface area contributed by atoms with E-state index in [1.165, 1.54) is 6.33 Å². The van der Waals surface area contributed by atoms with Gasteiger partial charge in [0, 0.05) is 23.3 Å². The number of nitrogens with zero attached hydrogens (tertiary/aromatic N) is 3. The zero-order chi connectivity index (χ0) is 23.8. The highest BCUT2D eigenvalue weighted by molar-refractivity contribution is 6.00. The van der Waals surface area contributed by atoms with Gasteiger partial charge >= 0.3 is 0 Å². The maximum absolute atomic E-state index is 13.7. The van der Waals surface area contributed by atoms with Crippen molar-refractivity contribution in [2.75, 3.05) is 33.8 Å². The molecule has 1 aliphatic heterocycles.